The number of imide groups is 1. The number of hydrogen-bond donors (Lipinski definition) is 0. The van der Waals surface area contributed by atoms with Crippen LogP contribution >= 0.6 is 0 Å². The Morgan fingerprint density at radius 1 is 0.828 bits per heavy atom. The molecule has 0 saturated carbocycles. The molecule has 0 radical (unpaired) electrons. The molecule has 7 nitrogen and oxygen atoms in total. The number of nitrogens with zero attached hydrogens (tertiary/aromatic N) is 3. The van der Waals surface area contributed by atoms with Gasteiger partial charge in [0.25, 0.3) is 0 Å². The molecule has 1 aromatic carbocycles. The Bertz CT molecular complexity index is 799. The molecule has 0 unspecified atom stereocenters. The Labute approximate surface area is 165 Å². The minimum atomic E-state index is -4.42. The van der Waals surface area contributed by atoms with Gasteiger partial charge in [-0.2, -0.15) is 13.2 Å². The molecule has 0 N–H and O–H groups in total. The smallest absolute Gasteiger partial charge is 0.339 e. The maximum absolute atomic E-state index is 12.6. The fourth-order valence-electron chi connectivity index (χ4n) is 3.34. The molecule has 1 aromatic rings. The third-order valence-electron chi connectivity index (χ3n) is 5.07. The standard InChI is InChI=1S/C19H20F3N3O4/c20-19(21,22)14-3-1-13(2-4-14)11-17(28)23-7-9-24(10-8-23)18(29)12-25-15(26)5-6-16(25)27/h1-4H,5-12H2. The van der Waals surface area contributed by atoms with Crippen LogP contribution in [0, 0.1) is 0 Å². The molecule has 0 bridgehead atoms. The quantitative estimate of drug-likeness (QED) is 0.695. The van der Waals surface area contributed by atoms with Crippen molar-refractivity contribution < 1.29 is 32.3 Å². The van der Waals surface area contributed by atoms with Crippen LogP contribution in [0.2, 0.25) is 0 Å². The van der Waals surface area contributed by atoms with E-state index < -0.39 is 11.7 Å². The Morgan fingerprint density at radius 3 is 1.79 bits per heavy atom. The van der Waals surface area contributed by atoms with Crippen molar-refractivity contribution >= 4 is 23.6 Å². The van der Waals surface area contributed by atoms with E-state index in [0.717, 1.165) is 17.0 Å². The highest BCUT2D eigenvalue weighted by atomic mass is 19.4. The van der Waals surface area contributed by atoms with Gasteiger partial charge in [0.1, 0.15) is 6.54 Å². The summed E-state index contributed by atoms with van der Waals surface area (Å²) in [4.78, 5) is 51.9. The number of likely N-dealkylation sites (tertiary alicyclic amines) is 1. The molecule has 10 heteroatoms. The normalized spacial score (nSPS) is 17.8. The maximum Gasteiger partial charge on any atom is 0.416 e. The van der Waals surface area contributed by atoms with E-state index in [9.17, 15) is 32.3 Å². The maximum atomic E-state index is 12.6. The summed E-state index contributed by atoms with van der Waals surface area (Å²) in [6.45, 7) is 0.832. The van der Waals surface area contributed by atoms with Crippen molar-refractivity contribution in [2.75, 3.05) is 32.7 Å². The van der Waals surface area contributed by atoms with Crippen LogP contribution in [0.25, 0.3) is 0 Å². The number of rotatable bonds is 4. The molecule has 0 spiro atoms. The van der Waals surface area contributed by atoms with Gasteiger partial charge in [0, 0.05) is 39.0 Å². The van der Waals surface area contributed by atoms with E-state index >= 15 is 0 Å². The zero-order valence-electron chi connectivity index (χ0n) is 15.6. The van der Waals surface area contributed by atoms with Gasteiger partial charge in [-0.15, -0.1) is 0 Å². The first-order valence-corrected chi connectivity index (χ1v) is 9.20. The number of carbonyl (C=O) groups excluding carboxylic acids is 4. The highest BCUT2D eigenvalue weighted by molar-refractivity contribution is 6.04. The van der Waals surface area contributed by atoms with Gasteiger partial charge in [-0.05, 0) is 17.7 Å². The Kier molecular flexibility index (Phi) is 5.90. The number of halogens is 3. The van der Waals surface area contributed by atoms with Gasteiger partial charge in [0.2, 0.25) is 23.6 Å². The molecule has 156 valence electrons. The van der Waals surface area contributed by atoms with Crippen molar-refractivity contribution in [2.24, 2.45) is 0 Å². The first-order chi connectivity index (χ1) is 13.6. The summed E-state index contributed by atoms with van der Waals surface area (Å²) < 4.78 is 37.8. The lowest BCUT2D eigenvalue weighted by Gasteiger charge is -2.35. The van der Waals surface area contributed by atoms with Crippen LogP contribution in [-0.2, 0) is 31.8 Å². The summed E-state index contributed by atoms with van der Waals surface area (Å²) in [5, 5.41) is 0. The fraction of sp³-hybridized carbons (Fsp3) is 0.474. The van der Waals surface area contributed by atoms with E-state index in [4.69, 9.17) is 0 Å². The molecule has 0 aliphatic carbocycles. The van der Waals surface area contributed by atoms with Crippen molar-refractivity contribution in [3.8, 4) is 0 Å². The van der Waals surface area contributed by atoms with E-state index in [-0.39, 0.29) is 75.6 Å². The van der Waals surface area contributed by atoms with Crippen LogP contribution in [0.5, 0.6) is 0 Å². The van der Waals surface area contributed by atoms with E-state index in [2.05, 4.69) is 0 Å². The first kappa shape index (κ1) is 20.8. The minimum absolute atomic E-state index is 0.0249. The molecular formula is C19H20F3N3O4. The van der Waals surface area contributed by atoms with E-state index in [1.807, 2.05) is 0 Å². The highest BCUT2D eigenvalue weighted by Crippen LogP contribution is 2.29. The molecule has 4 amide bonds. The molecule has 29 heavy (non-hydrogen) atoms. The topological polar surface area (TPSA) is 78.0 Å². The lowest BCUT2D eigenvalue weighted by atomic mass is 10.1. The first-order valence-electron chi connectivity index (χ1n) is 9.20. The van der Waals surface area contributed by atoms with E-state index in [1.165, 1.54) is 17.0 Å². The average molecular weight is 411 g/mol. The summed E-state index contributed by atoms with van der Waals surface area (Å²) in [5.41, 5.74) is -0.289. The molecule has 2 fully saturated rings. The SMILES string of the molecule is O=C(Cc1ccc(C(F)(F)F)cc1)N1CCN(C(=O)CN2C(=O)CCC2=O)CC1. The predicted molar refractivity (Wildman–Crippen MR) is 94.3 cm³/mol. The second-order valence-corrected chi connectivity index (χ2v) is 7.01. The van der Waals surface area contributed by atoms with Crippen LogP contribution in [0.4, 0.5) is 13.2 Å². The molecule has 2 aliphatic heterocycles. The van der Waals surface area contributed by atoms with Crippen molar-refractivity contribution in [1.29, 1.82) is 0 Å². The molecule has 0 aromatic heterocycles. The van der Waals surface area contributed by atoms with Gasteiger partial charge in [0.05, 0.1) is 12.0 Å². The van der Waals surface area contributed by atoms with Crippen LogP contribution in [0.15, 0.2) is 24.3 Å². The predicted octanol–water partition coefficient (Wildman–Crippen LogP) is 1.07. The molecule has 3 rings (SSSR count). The summed E-state index contributed by atoms with van der Waals surface area (Å²) in [6.07, 6.45) is -4.20. The monoisotopic (exact) mass is 411 g/mol. The molecule has 2 aliphatic rings. The zero-order chi connectivity index (χ0) is 21.2. The van der Waals surface area contributed by atoms with Crippen molar-refractivity contribution in [3.63, 3.8) is 0 Å². The lowest BCUT2D eigenvalue weighted by molar-refractivity contribution is -0.147. The average Bonchev–Trinajstić information content (AvgIpc) is 2.99. The number of alkyl halides is 3. The Balaban J connectivity index is 1.48. The Morgan fingerprint density at radius 2 is 1.31 bits per heavy atom. The van der Waals surface area contributed by atoms with Crippen LogP contribution in [-0.4, -0.2) is 71.1 Å². The van der Waals surface area contributed by atoms with Gasteiger partial charge < -0.3 is 9.80 Å². The molecule has 2 saturated heterocycles. The number of piperazine rings is 1. The van der Waals surface area contributed by atoms with E-state index in [0.29, 0.717) is 5.56 Å². The summed E-state index contributed by atoms with van der Waals surface area (Å²) in [7, 11) is 0. The van der Waals surface area contributed by atoms with Crippen LogP contribution in [0.1, 0.15) is 24.0 Å². The zero-order valence-corrected chi connectivity index (χ0v) is 15.6. The summed E-state index contributed by atoms with van der Waals surface area (Å²) in [5.74, 6) is -1.28. The van der Waals surface area contributed by atoms with Crippen LogP contribution < -0.4 is 0 Å². The third-order valence-corrected chi connectivity index (χ3v) is 5.07. The minimum Gasteiger partial charge on any atom is -0.339 e. The lowest BCUT2D eigenvalue weighted by Crippen LogP contribution is -2.53. The summed E-state index contributed by atoms with van der Waals surface area (Å²) in [6, 6.07) is 4.45. The second-order valence-electron chi connectivity index (χ2n) is 7.01. The molecule has 2 heterocycles. The largest absolute Gasteiger partial charge is 0.416 e. The second kappa shape index (κ2) is 8.22. The van der Waals surface area contributed by atoms with E-state index in [1.54, 1.807) is 4.90 Å². The van der Waals surface area contributed by atoms with Gasteiger partial charge >= 0.3 is 6.18 Å². The van der Waals surface area contributed by atoms with Gasteiger partial charge in [-0.1, -0.05) is 12.1 Å². The fourth-order valence-corrected chi connectivity index (χ4v) is 3.34. The van der Waals surface area contributed by atoms with Crippen molar-refractivity contribution in [1.82, 2.24) is 14.7 Å². The van der Waals surface area contributed by atoms with Crippen molar-refractivity contribution in [3.05, 3.63) is 35.4 Å². The third kappa shape index (κ3) is 4.93. The number of hydrogen-bond acceptors (Lipinski definition) is 4. The highest BCUT2D eigenvalue weighted by Gasteiger charge is 2.33. The number of carbonyl (C=O) groups is 4. The van der Waals surface area contributed by atoms with Gasteiger partial charge in [-0.25, -0.2) is 0 Å². The molecular weight excluding hydrogens is 391 g/mol. The molecule has 0 atom stereocenters. The number of benzene rings is 1. The van der Waals surface area contributed by atoms with Crippen molar-refractivity contribution in [2.45, 2.75) is 25.4 Å². The van der Waals surface area contributed by atoms with Crippen LogP contribution in [0.3, 0.4) is 0 Å². The summed E-state index contributed by atoms with van der Waals surface area (Å²) >= 11 is 0. The number of amides is 4. The van der Waals surface area contributed by atoms with Gasteiger partial charge in [0.15, 0.2) is 0 Å². The van der Waals surface area contributed by atoms with Gasteiger partial charge in [-0.3, -0.25) is 24.1 Å². The Hall–Kier alpha value is -2.91.